The zero-order chi connectivity index (χ0) is 34.6. The largest absolute Gasteiger partial charge is 0.494 e. The van der Waals surface area contributed by atoms with Gasteiger partial charge in [0, 0.05) is 28.7 Å². The third-order valence-corrected chi connectivity index (χ3v) is 10.7. The van der Waals surface area contributed by atoms with E-state index >= 15 is 0 Å². The van der Waals surface area contributed by atoms with Gasteiger partial charge >= 0.3 is 14.2 Å². The lowest BCUT2D eigenvalue weighted by molar-refractivity contribution is 0.00578. The van der Waals surface area contributed by atoms with Gasteiger partial charge in [0.2, 0.25) is 0 Å². The van der Waals surface area contributed by atoms with Crippen LogP contribution in [-0.4, -0.2) is 36.6 Å². The van der Waals surface area contributed by atoms with Crippen molar-refractivity contribution < 1.29 is 18.6 Å². The van der Waals surface area contributed by atoms with Gasteiger partial charge in [-0.1, -0.05) is 60.7 Å². The molecular weight excluding hydrogens is 604 g/mol. The number of allylic oxidation sites excluding steroid dienone is 6. The molecule has 1 aliphatic carbocycles. The molecule has 0 unspecified atom stereocenters. The lowest BCUT2D eigenvalue weighted by Gasteiger charge is -2.32. The van der Waals surface area contributed by atoms with Gasteiger partial charge in [-0.25, -0.2) is 0 Å². The smallest absolute Gasteiger partial charge is 0.399 e. The molecular formula is C42H44B2NO4+. The molecule has 0 N–H and O–H groups in total. The first kappa shape index (κ1) is 33.3. The fourth-order valence-corrected chi connectivity index (χ4v) is 6.20. The number of anilines is 3. The third-order valence-electron chi connectivity index (χ3n) is 10.7. The number of benzene rings is 4. The van der Waals surface area contributed by atoms with E-state index in [0.717, 1.165) is 33.6 Å². The van der Waals surface area contributed by atoms with Crippen LogP contribution >= 0.6 is 0 Å². The summed E-state index contributed by atoms with van der Waals surface area (Å²) in [6.45, 7) is 16.6. The lowest BCUT2D eigenvalue weighted by atomic mass is 9.79. The summed E-state index contributed by atoms with van der Waals surface area (Å²) in [7, 11) is -0.838. The van der Waals surface area contributed by atoms with Gasteiger partial charge < -0.3 is 23.5 Å². The van der Waals surface area contributed by atoms with Crippen molar-refractivity contribution in [2.45, 2.75) is 77.8 Å². The van der Waals surface area contributed by atoms with Crippen LogP contribution < -0.4 is 15.8 Å². The molecule has 7 rings (SSSR count). The van der Waals surface area contributed by atoms with E-state index in [0.29, 0.717) is 0 Å². The van der Waals surface area contributed by atoms with Crippen LogP contribution in [0.4, 0.5) is 17.1 Å². The molecule has 0 bridgehead atoms. The quantitative estimate of drug-likeness (QED) is 0.148. The van der Waals surface area contributed by atoms with Crippen LogP contribution in [0.25, 0.3) is 16.7 Å². The van der Waals surface area contributed by atoms with Crippen LogP contribution in [0.2, 0.25) is 0 Å². The Morgan fingerprint density at radius 2 is 0.816 bits per heavy atom. The van der Waals surface area contributed by atoms with Crippen LogP contribution in [0.5, 0.6) is 0 Å². The molecule has 0 atom stereocenters. The molecule has 5 nitrogen and oxygen atoms in total. The molecule has 7 heteroatoms. The molecule has 2 saturated heterocycles. The predicted octanol–water partition coefficient (Wildman–Crippen LogP) is 8.73. The van der Waals surface area contributed by atoms with Crippen molar-refractivity contribution >= 4 is 47.8 Å². The van der Waals surface area contributed by atoms with E-state index in [1.54, 1.807) is 0 Å². The topological polar surface area (TPSA) is 40.2 Å². The summed E-state index contributed by atoms with van der Waals surface area (Å²) >= 11 is 0. The van der Waals surface area contributed by atoms with E-state index in [4.69, 9.17) is 18.6 Å². The Labute approximate surface area is 292 Å². The van der Waals surface area contributed by atoms with Crippen molar-refractivity contribution in [3.63, 3.8) is 0 Å². The maximum atomic E-state index is 6.34. The normalized spacial score (nSPS) is 19.9. The predicted molar refractivity (Wildman–Crippen MR) is 203 cm³/mol. The summed E-state index contributed by atoms with van der Waals surface area (Å²) < 4.78 is 25.4. The van der Waals surface area contributed by atoms with Crippen LogP contribution in [-0.2, 0) is 18.6 Å². The van der Waals surface area contributed by atoms with Gasteiger partial charge in [0.15, 0.2) is 0 Å². The highest BCUT2D eigenvalue weighted by Gasteiger charge is 2.52. The molecule has 246 valence electrons. The average Bonchev–Trinajstić information content (AvgIpc) is 3.45. The molecule has 0 radical (unpaired) electrons. The summed E-state index contributed by atoms with van der Waals surface area (Å²) in [5, 5.41) is 0. The minimum absolute atomic E-state index is 0.399. The molecule has 2 heterocycles. The van der Waals surface area contributed by atoms with E-state index < -0.39 is 36.6 Å². The Bertz CT molecular complexity index is 1790. The van der Waals surface area contributed by atoms with E-state index in [-0.39, 0.29) is 0 Å². The molecule has 2 fully saturated rings. The Hall–Kier alpha value is -4.22. The summed E-state index contributed by atoms with van der Waals surface area (Å²) in [5.41, 5.74) is 8.19. The minimum atomic E-state index is -0.419. The average molecular weight is 648 g/mol. The SMILES string of the molecule is CC1(C)OB(c2ccc(N(c3ccc(B4OC(C)(C)C(C)(C)O4)cc3)c3ccc(-c4ccc(C5=CC=[C+]C=C5)cc4)cc3)cc2)OC1(C)C. The van der Waals surface area contributed by atoms with Gasteiger partial charge in [0.25, 0.3) is 0 Å². The minimum Gasteiger partial charge on any atom is -0.399 e. The Kier molecular flexibility index (Phi) is 8.34. The maximum absolute atomic E-state index is 6.34. The fraction of sp³-hybridized carbons (Fsp3) is 0.286. The van der Waals surface area contributed by atoms with Crippen molar-refractivity contribution in [2.75, 3.05) is 4.90 Å². The number of hydrogen-bond acceptors (Lipinski definition) is 5. The van der Waals surface area contributed by atoms with Crippen LogP contribution in [0, 0.1) is 6.08 Å². The number of hydrogen-bond donors (Lipinski definition) is 0. The maximum Gasteiger partial charge on any atom is 0.494 e. The second kappa shape index (κ2) is 12.3. The number of rotatable bonds is 7. The van der Waals surface area contributed by atoms with Crippen LogP contribution in [0.3, 0.4) is 0 Å². The Balaban J connectivity index is 1.19. The van der Waals surface area contributed by atoms with Gasteiger partial charge in [-0.15, -0.1) is 0 Å². The first-order valence-electron chi connectivity index (χ1n) is 17.1. The van der Waals surface area contributed by atoms with Gasteiger partial charge in [0.1, 0.15) is 12.2 Å². The molecule has 0 amide bonds. The molecule has 49 heavy (non-hydrogen) atoms. The van der Waals surface area contributed by atoms with Gasteiger partial charge in [-0.3, -0.25) is 0 Å². The molecule has 4 aromatic carbocycles. The molecule has 0 saturated carbocycles. The summed E-state index contributed by atoms with van der Waals surface area (Å²) in [4.78, 5) is 2.27. The standard InChI is InChI=1S/C42H44B2NO4/c1-39(2)40(3,4)47-43(46-39)34-20-26-37(27-21-34)45(38-28-22-35(23-29-38)44-48-41(5,6)42(7,8)49-44)36-24-18-33(19-25-36)32-16-14-31(15-17-32)30-12-10-9-11-13-30/h10-29H,1-8H3/q+1. The van der Waals surface area contributed by atoms with E-state index in [9.17, 15) is 0 Å². The van der Waals surface area contributed by atoms with E-state index in [1.807, 2.05) is 12.2 Å². The van der Waals surface area contributed by atoms with Gasteiger partial charge in [-0.05, 0) is 114 Å². The highest BCUT2D eigenvalue weighted by atomic mass is 16.7. The molecule has 0 aromatic heterocycles. The fourth-order valence-electron chi connectivity index (χ4n) is 6.20. The highest BCUT2D eigenvalue weighted by molar-refractivity contribution is 6.62. The third kappa shape index (κ3) is 6.34. The first-order valence-corrected chi connectivity index (χ1v) is 17.1. The zero-order valence-corrected chi connectivity index (χ0v) is 29.8. The molecule has 4 aromatic rings. The van der Waals surface area contributed by atoms with Crippen molar-refractivity contribution in [3.05, 3.63) is 133 Å². The van der Waals surface area contributed by atoms with Crippen LogP contribution in [0.1, 0.15) is 61.0 Å². The lowest BCUT2D eigenvalue weighted by Crippen LogP contribution is -2.41. The van der Waals surface area contributed by atoms with E-state index in [2.05, 4.69) is 176 Å². The van der Waals surface area contributed by atoms with Crippen molar-refractivity contribution in [1.82, 2.24) is 0 Å². The number of nitrogens with zero attached hydrogens (tertiary/aromatic N) is 1. The zero-order valence-electron chi connectivity index (χ0n) is 29.8. The van der Waals surface area contributed by atoms with E-state index in [1.165, 1.54) is 16.7 Å². The van der Waals surface area contributed by atoms with Gasteiger partial charge in [-0.2, -0.15) is 0 Å². The Morgan fingerprint density at radius 1 is 0.469 bits per heavy atom. The Morgan fingerprint density at radius 3 is 1.18 bits per heavy atom. The highest BCUT2D eigenvalue weighted by Crippen LogP contribution is 2.39. The molecule has 2 aliphatic heterocycles. The second-order valence-corrected chi connectivity index (χ2v) is 15.1. The van der Waals surface area contributed by atoms with Crippen LogP contribution in [0.15, 0.2) is 121 Å². The van der Waals surface area contributed by atoms with Crippen molar-refractivity contribution in [2.24, 2.45) is 0 Å². The summed E-state index contributed by atoms with van der Waals surface area (Å²) in [5.74, 6) is 0. The summed E-state index contributed by atoms with van der Waals surface area (Å²) in [6.07, 6.45) is 11.2. The van der Waals surface area contributed by atoms with Crippen molar-refractivity contribution in [1.29, 1.82) is 0 Å². The first-order chi connectivity index (χ1) is 23.2. The second-order valence-electron chi connectivity index (χ2n) is 15.1. The monoisotopic (exact) mass is 648 g/mol. The molecule has 0 spiro atoms. The van der Waals surface area contributed by atoms with Gasteiger partial charge in [0.05, 0.1) is 40.1 Å². The summed E-state index contributed by atoms with van der Waals surface area (Å²) in [6, 6.07) is 34.4. The molecule has 3 aliphatic rings. The van der Waals surface area contributed by atoms with Crippen molar-refractivity contribution in [3.8, 4) is 11.1 Å².